The van der Waals surface area contributed by atoms with E-state index in [1.54, 1.807) is 6.20 Å². The van der Waals surface area contributed by atoms with Crippen LogP contribution in [0.4, 0.5) is 24.9 Å². The molecule has 4 aliphatic heterocycles. The summed E-state index contributed by atoms with van der Waals surface area (Å²) in [6.45, 7) is 16.7. The van der Waals surface area contributed by atoms with Crippen LogP contribution in [-0.4, -0.2) is 107 Å². The number of amides is 1. The lowest BCUT2D eigenvalue weighted by Crippen LogP contribution is -2.61. The number of nitrogens with one attached hydrogen (secondary N) is 1. The van der Waals surface area contributed by atoms with Gasteiger partial charge < -0.3 is 19.4 Å². The average molecular weight is 701 g/mol. The van der Waals surface area contributed by atoms with Crippen molar-refractivity contribution in [3.63, 3.8) is 0 Å². The molecule has 4 saturated heterocycles. The third kappa shape index (κ3) is 5.98. The van der Waals surface area contributed by atoms with Gasteiger partial charge in [0.2, 0.25) is 11.9 Å². The molecule has 4 aliphatic rings. The first kappa shape index (κ1) is 33.5. The number of halogens is 3. The monoisotopic (exact) mass is 700 g/mol. The molecule has 0 saturated carbocycles. The molecular formula is C38H43F3N8O2. The van der Waals surface area contributed by atoms with Crippen molar-refractivity contribution in [3.8, 4) is 16.9 Å². The number of carbonyl (C=O) groups is 1. The number of rotatable bonds is 8. The van der Waals surface area contributed by atoms with Crippen LogP contribution >= 0.6 is 0 Å². The van der Waals surface area contributed by atoms with Crippen LogP contribution in [0, 0.1) is 12.3 Å². The molecule has 268 valence electrons. The summed E-state index contributed by atoms with van der Waals surface area (Å²) in [6, 6.07) is 6.22. The molecule has 6 heterocycles. The van der Waals surface area contributed by atoms with Crippen molar-refractivity contribution in [2.24, 2.45) is 5.41 Å². The molecule has 1 spiro atoms. The first-order valence-corrected chi connectivity index (χ1v) is 17.8. The number of carbonyl (C=O) groups excluding carboxylic acids is 1. The molecule has 2 aromatic carbocycles. The molecule has 13 heteroatoms. The molecule has 0 aliphatic carbocycles. The normalized spacial score (nSPS) is 19.5. The molecule has 1 amide bonds. The van der Waals surface area contributed by atoms with Gasteiger partial charge in [0.15, 0.2) is 12.4 Å². The first-order chi connectivity index (χ1) is 24.4. The van der Waals surface area contributed by atoms with Crippen molar-refractivity contribution in [1.29, 1.82) is 0 Å². The Labute approximate surface area is 294 Å². The predicted molar refractivity (Wildman–Crippen MR) is 193 cm³/mol. The number of fused-ring (bicyclic) bond motifs is 2. The van der Waals surface area contributed by atoms with Crippen molar-refractivity contribution in [2.75, 3.05) is 68.8 Å². The third-order valence-electron chi connectivity index (χ3n) is 11.3. The van der Waals surface area contributed by atoms with E-state index >= 15 is 0 Å². The molecule has 0 bridgehead atoms. The summed E-state index contributed by atoms with van der Waals surface area (Å²) in [6.07, 6.45) is 2.59. The summed E-state index contributed by atoms with van der Waals surface area (Å²) in [5.74, 6) is 1.18. The van der Waals surface area contributed by atoms with Gasteiger partial charge in [-0.3, -0.25) is 14.8 Å². The zero-order valence-electron chi connectivity index (χ0n) is 29.2. The number of anilines is 2. The number of alkyl halides is 3. The lowest BCUT2D eigenvalue weighted by molar-refractivity contribution is -0.153. The van der Waals surface area contributed by atoms with Gasteiger partial charge in [-0.2, -0.15) is 23.3 Å². The molecule has 4 fully saturated rings. The second-order valence-corrected chi connectivity index (χ2v) is 14.8. The summed E-state index contributed by atoms with van der Waals surface area (Å²) in [7, 11) is 0. The van der Waals surface area contributed by atoms with Crippen LogP contribution in [-0.2, 0) is 4.79 Å². The van der Waals surface area contributed by atoms with Gasteiger partial charge in [0.05, 0.1) is 11.7 Å². The van der Waals surface area contributed by atoms with Gasteiger partial charge in [0, 0.05) is 67.1 Å². The van der Waals surface area contributed by atoms with Gasteiger partial charge >= 0.3 is 6.18 Å². The minimum atomic E-state index is -4.58. The van der Waals surface area contributed by atoms with Crippen LogP contribution in [0.25, 0.3) is 38.5 Å². The third-order valence-corrected chi connectivity index (χ3v) is 11.3. The largest absolute Gasteiger partial charge is 0.481 e. The maximum atomic E-state index is 14.0. The number of likely N-dealkylation sites (tertiary alicyclic amines) is 2. The van der Waals surface area contributed by atoms with E-state index in [1.807, 2.05) is 36.9 Å². The van der Waals surface area contributed by atoms with Crippen LogP contribution in [0.3, 0.4) is 0 Å². The van der Waals surface area contributed by atoms with Crippen LogP contribution in [0.1, 0.15) is 43.7 Å². The average Bonchev–Trinajstić information content (AvgIpc) is 3.77. The summed E-state index contributed by atoms with van der Waals surface area (Å²) >= 11 is 0. The molecule has 51 heavy (non-hydrogen) atoms. The fraction of sp³-hybridized carbons (Fsp3) is 0.474. The number of nitrogens with zero attached hydrogens (tertiary/aromatic N) is 7. The smallest absolute Gasteiger partial charge is 0.422 e. The Balaban J connectivity index is 1.28. The summed E-state index contributed by atoms with van der Waals surface area (Å²) in [4.78, 5) is 31.2. The van der Waals surface area contributed by atoms with Crippen molar-refractivity contribution in [1.82, 2.24) is 30.0 Å². The number of aromatic nitrogens is 4. The van der Waals surface area contributed by atoms with Crippen LogP contribution in [0.15, 0.2) is 43.6 Å². The number of benzene rings is 2. The Hall–Kier alpha value is -4.65. The summed E-state index contributed by atoms with van der Waals surface area (Å²) < 4.78 is 48.0. The molecule has 8 rings (SSSR count). The van der Waals surface area contributed by atoms with E-state index in [1.165, 1.54) is 18.9 Å². The fourth-order valence-electron chi connectivity index (χ4n) is 8.44. The van der Waals surface area contributed by atoms with Crippen LogP contribution in [0.5, 0.6) is 5.75 Å². The van der Waals surface area contributed by atoms with E-state index in [-0.39, 0.29) is 17.1 Å². The van der Waals surface area contributed by atoms with Crippen LogP contribution < -0.4 is 14.5 Å². The van der Waals surface area contributed by atoms with E-state index in [9.17, 15) is 18.0 Å². The highest BCUT2D eigenvalue weighted by Gasteiger charge is 2.47. The fourth-order valence-corrected chi connectivity index (χ4v) is 8.44. The van der Waals surface area contributed by atoms with Gasteiger partial charge in [-0.1, -0.05) is 24.8 Å². The predicted octanol–water partition coefficient (Wildman–Crippen LogP) is 6.35. The quantitative estimate of drug-likeness (QED) is 0.213. The van der Waals surface area contributed by atoms with Crippen molar-refractivity contribution >= 4 is 45.1 Å². The Kier molecular flexibility index (Phi) is 8.23. The van der Waals surface area contributed by atoms with Gasteiger partial charge in [-0.25, -0.2) is 4.98 Å². The lowest BCUT2D eigenvalue weighted by Gasteiger charge is -2.54. The zero-order valence-corrected chi connectivity index (χ0v) is 29.2. The highest BCUT2D eigenvalue weighted by Crippen LogP contribution is 2.49. The van der Waals surface area contributed by atoms with Crippen molar-refractivity contribution < 1.29 is 22.7 Å². The number of aromatic amines is 1. The first-order valence-electron chi connectivity index (χ1n) is 17.8. The van der Waals surface area contributed by atoms with Gasteiger partial charge in [0.25, 0.3) is 0 Å². The molecule has 2 aromatic heterocycles. The Bertz CT molecular complexity index is 2030. The van der Waals surface area contributed by atoms with E-state index in [0.717, 1.165) is 61.1 Å². The SMILES string of the molecule is C=CC(=O)N1CC2(CCN(c3nc(N4CC(N5CCCC5)C4)nc4c(OCC(F)(F)F)c(-c5c(C)ccc6[nH]ncc56)c(C(=C)C)cc34)CC2)C1. The minimum Gasteiger partial charge on any atom is -0.481 e. The van der Waals surface area contributed by atoms with Gasteiger partial charge in [-0.15, -0.1) is 0 Å². The number of H-pyrrole nitrogens is 1. The molecule has 0 atom stereocenters. The van der Waals surface area contributed by atoms with Gasteiger partial charge in [-0.05, 0) is 87.5 Å². The van der Waals surface area contributed by atoms with Crippen LogP contribution in [0.2, 0.25) is 0 Å². The van der Waals surface area contributed by atoms with E-state index in [0.29, 0.717) is 71.6 Å². The Morgan fingerprint density at radius 3 is 2.45 bits per heavy atom. The van der Waals surface area contributed by atoms with E-state index in [4.69, 9.17) is 14.7 Å². The van der Waals surface area contributed by atoms with Crippen molar-refractivity contribution in [3.05, 3.63) is 54.8 Å². The Morgan fingerprint density at radius 2 is 1.78 bits per heavy atom. The molecular weight excluding hydrogens is 657 g/mol. The Morgan fingerprint density at radius 1 is 1.06 bits per heavy atom. The zero-order chi connectivity index (χ0) is 35.7. The highest BCUT2D eigenvalue weighted by molar-refractivity contribution is 6.08. The molecule has 4 aromatic rings. The minimum absolute atomic E-state index is 0.0407. The highest BCUT2D eigenvalue weighted by atomic mass is 19.4. The standard InChI is InChI=1S/C38H43F3N8O2/c1-5-30(50)49-20-37(21-49)10-14-47(15-11-37)35-27-16-26(23(2)3)32(31-24(4)8-9-29-28(31)17-42-45-29)34(51-22-38(39,40)41)33(27)43-36(44-35)48-18-25(19-48)46-12-6-7-13-46/h5,8-9,16-17,25H,1-2,6-7,10-15,18-22H2,3-4H3,(H,42,45). The number of hydrogen-bond acceptors (Lipinski definition) is 8. The topological polar surface area (TPSA) is 93.7 Å². The number of hydrogen-bond donors (Lipinski definition) is 1. The summed E-state index contributed by atoms with van der Waals surface area (Å²) in [5, 5.41) is 8.65. The van der Waals surface area contributed by atoms with Gasteiger partial charge in [0.1, 0.15) is 11.3 Å². The second kappa shape index (κ2) is 12.5. The number of ether oxygens (including phenoxy) is 1. The number of aryl methyl sites for hydroxylation is 1. The molecule has 10 nitrogen and oxygen atoms in total. The van der Waals surface area contributed by atoms with E-state index < -0.39 is 12.8 Å². The maximum absolute atomic E-state index is 14.0. The van der Waals surface area contributed by atoms with E-state index in [2.05, 4.69) is 38.1 Å². The molecule has 1 N–H and O–H groups in total. The summed E-state index contributed by atoms with van der Waals surface area (Å²) in [5.41, 5.74) is 4.58. The van der Waals surface area contributed by atoms with Crippen molar-refractivity contribution in [2.45, 2.75) is 51.7 Å². The number of piperidine rings is 1. The number of allylic oxidation sites excluding steroid dienone is 1. The molecule has 0 unspecified atom stereocenters. The maximum Gasteiger partial charge on any atom is 0.422 e. The molecule has 0 radical (unpaired) electrons. The lowest BCUT2D eigenvalue weighted by atomic mass is 9.72. The second-order valence-electron chi connectivity index (χ2n) is 14.8.